The summed E-state index contributed by atoms with van der Waals surface area (Å²) < 4.78 is 5.88. The lowest BCUT2D eigenvalue weighted by Crippen LogP contribution is -2.06. The van der Waals surface area contributed by atoms with Crippen LogP contribution < -0.4 is 10.1 Å². The van der Waals surface area contributed by atoms with Crippen molar-refractivity contribution >= 4 is 0 Å². The van der Waals surface area contributed by atoms with Gasteiger partial charge < -0.3 is 10.1 Å². The van der Waals surface area contributed by atoms with Crippen LogP contribution in [-0.4, -0.2) is 12.0 Å². The van der Waals surface area contributed by atoms with Crippen LogP contribution in [0.1, 0.15) is 42.9 Å². The van der Waals surface area contributed by atoms with E-state index in [0.29, 0.717) is 11.8 Å². The topological polar surface area (TPSA) is 34.1 Å². The molecule has 2 aromatic rings. The van der Waals surface area contributed by atoms with Crippen molar-refractivity contribution in [2.75, 3.05) is 7.05 Å². The first-order chi connectivity index (χ1) is 10.1. The monoisotopic (exact) mass is 284 g/mol. The van der Waals surface area contributed by atoms with E-state index in [1.807, 2.05) is 32.3 Å². The Bertz CT molecular complexity index is 578. The van der Waals surface area contributed by atoms with Gasteiger partial charge in [0.2, 0.25) is 5.88 Å². The summed E-state index contributed by atoms with van der Waals surface area (Å²) in [7, 11) is 1.93. The maximum Gasteiger partial charge on any atom is 0.222 e. The third-order valence-corrected chi connectivity index (χ3v) is 3.74. The fourth-order valence-electron chi connectivity index (χ4n) is 2.24. The molecule has 0 amide bonds. The largest absolute Gasteiger partial charge is 0.439 e. The second-order valence-corrected chi connectivity index (χ2v) is 5.48. The van der Waals surface area contributed by atoms with E-state index < -0.39 is 0 Å². The van der Waals surface area contributed by atoms with Crippen LogP contribution in [-0.2, 0) is 6.54 Å². The fraction of sp³-hybridized carbons (Fsp3) is 0.389. The molecule has 1 aromatic carbocycles. The van der Waals surface area contributed by atoms with Gasteiger partial charge in [0.05, 0.1) is 0 Å². The average Bonchev–Trinajstić information content (AvgIpc) is 2.50. The first kappa shape index (κ1) is 15.5. The first-order valence-corrected chi connectivity index (χ1v) is 7.52. The van der Waals surface area contributed by atoms with Gasteiger partial charge in [-0.05, 0) is 55.6 Å². The van der Waals surface area contributed by atoms with E-state index in [-0.39, 0.29) is 0 Å². The molecule has 0 aliphatic heterocycles. The normalized spacial score (nSPS) is 12.2. The van der Waals surface area contributed by atoms with E-state index in [1.54, 1.807) is 0 Å². The molecule has 3 heteroatoms. The lowest BCUT2D eigenvalue weighted by atomic mass is 9.99. The third kappa shape index (κ3) is 4.05. The second-order valence-electron chi connectivity index (χ2n) is 5.48. The van der Waals surface area contributed by atoms with E-state index >= 15 is 0 Å². The average molecular weight is 284 g/mol. The molecule has 112 valence electrons. The van der Waals surface area contributed by atoms with Gasteiger partial charge in [-0.15, -0.1) is 0 Å². The summed E-state index contributed by atoms with van der Waals surface area (Å²) in [5.74, 6) is 2.09. The van der Waals surface area contributed by atoms with E-state index in [9.17, 15) is 0 Å². The van der Waals surface area contributed by atoms with Crippen molar-refractivity contribution in [3.8, 4) is 11.6 Å². The van der Waals surface area contributed by atoms with Crippen molar-refractivity contribution in [3.63, 3.8) is 0 Å². The van der Waals surface area contributed by atoms with Crippen molar-refractivity contribution in [1.29, 1.82) is 0 Å². The minimum atomic E-state index is 0.583. The highest BCUT2D eigenvalue weighted by atomic mass is 16.5. The Morgan fingerprint density at radius 3 is 2.52 bits per heavy atom. The highest BCUT2D eigenvalue weighted by Gasteiger charge is 2.06. The van der Waals surface area contributed by atoms with Crippen molar-refractivity contribution in [1.82, 2.24) is 10.3 Å². The Labute approximate surface area is 127 Å². The Kier molecular flexibility index (Phi) is 5.34. The Morgan fingerprint density at radius 2 is 1.95 bits per heavy atom. The molecular formula is C18H24N2O. The van der Waals surface area contributed by atoms with Gasteiger partial charge in [0.1, 0.15) is 5.75 Å². The number of rotatable bonds is 6. The second kappa shape index (κ2) is 7.23. The summed E-state index contributed by atoms with van der Waals surface area (Å²) >= 11 is 0. The van der Waals surface area contributed by atoms with Gasteiger partial charge >= 0.3 is 0 Å². The molecule has 0 bridgehead atoms. The van der Waals surface area contributed by atoms with Gasteiger partial charge in [0.15, 0.2) is 0 Å². The number of benzene rings is 1. The quantitative estimate of drug-likeness (QED) is 0.853. The van der Waals surface area contributed by atoms with Crippen LogP contribution >= 0.6 is 0 Å². The van der Waals surface area contributed by atoms with E-state index in [0.717, 1.165) is 29.8 Å². The van der Waals surface area contributed by atoms with Gasteiger partial charge in [-0.25, -0.2) is 4.98 Å². The maximum atomic E-state index is 5.88. The molecule has 0 aliphatic carbocycles. The summed E-state index contributed by atoms with van der Waals surface area (Å²) in [6.45, 7) is 7.28. The molecule has 0 aliphatic rings. The van der Waals surface area contributed by atoms with Crippen LogP contribution in [0.2, 0.25) is 0 Å². The lowest BCUT2D eigenvalue weighted by Gasteiger charge is -2.12. The summed E-state index contributed by atoms with van der Waals surface area (Å²) in [5.41, 5.74) is 3.56. The smallest absolute Gasteiger partial charge is 0.222 e. The first-order valence-electron chi connectivity index (χ1n) is 7.52. The van der Waals surface area contributed by atoms with Crippen LogP contribution in [0.15, 0.2) is 36.5 Å². The van der Waals surface area contributed by atoms with Gasteiger partial charge in [0.25, 0.3) is 0 Å². The van der Waals surface area contributed by atoms with E-state index in [4.69, 9.17) is 4.74 Å². The van der Waals surface area contributed by atoms with E-state index in [1.165, 1.54) is 5.56 Å². The van der Waals surface area contributed by atoms with Crippen LogP contribution in [0.4, 0.5) is 0 Å². The molecule has 1 unspecified atom stereocenters. The van der Waals surface area contributed by atoms with Gasteiger partial charge in [-0.2, -0.15) is 0 Å². The zero-order chi connectivity index (χ0) is 15.2. The molecule has 0 radical (unpaired) electrons. The van der Waals surface area contributed by atoms with Crippen molar-refractivity contribution in [2.24, 2.45) is 0 Å². The number of aromatic nitrogens is 1. The molecule has 1 N–H and O–H groups in total. The Balaban J connectivity index is 2.11. The minimum absolute atomic E-state index is 0.583. The standard InChI is InChI=1S/C18H24N2O/c1-5-13(2)16-6-8-17(9-7-16)21-18-14(3)10-15(11-19-4)12-20-18/h6-10,12-13,19H,5,11H2,1-4H3. The summed E-state index contributed by atoms with van der Waals surface area (Å²) in [6, 6.07) is 10.4. The Morgan fingerprint density at radius 1 is 1.24 bits per heavy atom. The molecule has 0 saturated carbocycles. The van der Waals surface area contributed by atoms with Crippen molar-refractivity contribution in [2.45, 2.75) is 39.7 Å². The SMILES string of the molecule is CCC(C)c1ccc(Oc2ncc(CNC)cc2C)cc1. The molecule has 2 rings (SSSR count). The number of pyridine rings is 1. The number of aryl methyl sites for hydroxylation is 1. The number of hydrogen-bond donors (Lipinski definition) is 1. The third-order valence-electron chi connectivity index (χ3n) is 3.74. The maximum absolute atomic E-state index is 5.88. The predicted octanol–water partition coefficient (Wildman–Crippen LogP) is 4.42. The van der Waals surface area contributed by atoms with Crippen molar-refractivity contribution in [3.05, 3.63) is 53.2 Å². The molecule has 0 spiro atoms. The van der Waals surface area contributed by atoms with Crippen molar-refractivity contribution < 1.29 is 4.74 Å². The van der Waals surface area contributed by atoms with Crippen LogP contribution in [0.5, 0.6) is 11.6 Å². The van der Waals surface area contributed by atoms with Gasteiger partial charge in [-0.1, -0.05) is 26.0 Å². The van der Waals surface area contributed by atoms with Crippen LogP contribution in [0, 0.1) is 6.92 Å². The summed E-state index contributed by atoms with van der Waals surface area (Å²) in [5, 5.41) is 3.12. The molecule has 21 heavy (non-hydrogen) atoms. The zero-order valence-corrected chi connectivity index (χ0v) is 13.3. The van der Waals surface area contributed by atoms with Crippen LogP contribution in [0.3, 0.4) is 0 Å². The van der Waals surface area contributed by atoms with Gasteiger partial charge in [-0.3, -0.25) is 0 Å². The number of nitrogens with zero attached hydrogens (tertiary/aromatic N) is 1. The molecule has 1 atom stereocenters. The molecular weight excluding hydrogens is 260 g/mol. The van der Waals surface area contributed by atoms with Gasteiger partial charge in [0, 0.05) is 18.3 Å². The highest BCUT2D eigenvalue weighted by Crippen LogP contribution is 2.26. The lowest BCUT2D eigenvalue weighted by molar-refractivity contribution is 0.458. The summed E-state index contributed by atoms with van der Waals surface area (Å²) in [4.78, 5) is 4.40. The van der Waals surface area contributed by atoms with E-state index in [2.05, 4.69) is 42.3 Å². The zero-order valence-electron chi connectivity index (χ0n) is 13.3. The molecule has 3 nitrogen and oxygen atoms in total. The molecule has 1 aromatic heterocycles. The molecule has 1 heterocycles. The number of nitrogens with one attached hydrogen (secondary N) is 1. The number of ether oxygens (including phenoxy) is 1. The summed E-state index contributed by atoms with van der Waals surface area (Å²) in [6.07, 6.45) is 3.00. The predicted molar refractivity (Wildman–Crippen MR) is 87.0 cm³/mol. The molecule has 0 saturated heterocycles. The van der Waals surface area contributed by atoms with Crippen LogP contribution in [0.25, 0.3) is 0 Å². The number of hydrogen-bond acceptors (Lipinski definition) is 3. The highest BCUT2D eigenvalue weighted by molar-refractivity contribution is 5.35. The fourth-order valence-corrected chi connectivity index (χ4v) is 2.24. The Hall–Kier alpha value is -1.87. The minimum Gasteiger partial charge on any atom is -0.439 e. The molecule has 0 fully saturated rings.